The Morgan fingerprint density at radius 2 is 1.94 bits per heavy atom. The van der Waals surface area contributed by atoms with Crippen molar-refractivity contribution in [2.45, 2.75) is 6.92 Å². The summed E-state index contributed by atoms with van der Waals surface area (Å²) in [5.41, 5.74) is -0.439. The fourth-order valence-electron chi connectivity index (χ4n) is 1.26. The highest BCUT2D eigenvalue weighted by Gasteiger charge is 2.09. The van der Waals surface area contributed by atoms with Crippen LogP contribution in [0.3, 0.4) is 0 Å². The Hall–Kier alpha value is -1.55. The number of hydrogen-bond acceptors (Lipinski definition) is 3. The molecule has 0 unspecified atom stereocenters. The van der Waals surface area contributed by atoms with Crippen LogP contribution in [-0.2, 0) is 0 Å². The van der Waals surface area contributed by atoms with Gasteiger partial charge in [-0.05, 0) is 35.0 Å². The molecule has 3 nitrogen and oxygen atoms in total. The minimum atomic E-state index is -0.439. The predicted octanol–water partition coefficient (Wildman–Crippen LogP) is 3.50. The lowest BCUT2D eigenvalue weighted by Crippen LogP contribution is -2.02. The van der Waals surface area contributed by atoms with Crippen molar-refractivity contribution in [3.8, 4) is 11.5 Å². The number of para-hydroxylation sites is 1. The maximum atomic E-state index is 11.4. The van der Waals surface area contributed by atoms with E-state index in [1.54, 1.807) is 13.0 Å². The topological polar surface area (TPSA) is 39.4 Å². The Morgan fingerprint density at radius 1 is 1.25 bits per heavy atom. The van der Waals surface area contributed by atoms with E-state index >= 15 is 0 Å². The van der Waals surface area contributed by atoms with Gasteiger partial charge in [0, 0.05) is 6.07 Å². The maximum Gasteiger partial charge on any atom is 0.354 e. The molecule has 2 aromatic rings. The SMILES string of the molecule is Cc1cc(Oc2ccccc2)c(Br)c(=O)o1. The quantitative estimate of drug-likeness (QED) is 0.845. The van der Waals surface area contributed by atoms with E-state index in [4.69, 9.17) is 9.15 Å². The second-order valence-corrected chi connectivity index (χ2v) is 4.03. The van der Waals surface area contributed by atoms with Crippen LogP contribution >= 0.6 is 15.9 Å². The normalized spacial score (nSPS) is 10.1. The molecule has 0 bridgehead atoms. The summed E-state index contributed by atoms with van der Waals surface area (Å²) in [6.45, 7) is 1.70. The lowest BCUT2D eigenvalue weighted by Gasteiger charge is -2.06. The Balaban J connectivity index is 2.39. The van der Waals surface area contributed by atoms with Crippen molar-refractivity contribution in [3.05, 3.63) is 57.1 Å². The molecule has 1 heterocycles. The van der Waals surface area contributed by atoms with Crippen LogP contribution in [0.4, 0.5) is 0 Å². The second kappa shape index (κ2) is 4.53. The molecule has 1 aromatic carbocycles. The van der Waals surface area contributed by atoms with E-state index in [1.165, 1.54) is 0 Å². The van der Waals surface area contributed by atoms with Crippen molar-refractivity contribution in [3.63, 3.8) is 0 Å². The molecule has 0 saturated carbocycles. The van der Waals surface area contributed by atoms with Crippen LogP contribution in [-0.4, -0.2) is 0 Å². The molecule has 4 heteroatoms. The second-order valence-electron chi connectivity index (χ2n) is 3.24. The Morgan fingerprint density at radius 3 is 2.62 bits per heavy atom. The Labute approximate surface area is 101 Å². The molecule has 0 atom stereocenters. The van der Waals surface area contributed by atoms with Gasteiger partial charge in [-0.1, -0.05) is 18.2 Å². The lowest BCUT2D eigenvalue weighted by atomic mass is 10.3. The molecule has 0 amide bonds. The molecule has 16 heavy (non-hydrogen) atoms. The smallest absolute Gasteiger partial charge is 0.354 e. The van der Waals surface area contributed by atoms with Crippen molar-refractivity contribution in [2.24, 2.45) is 0 Å². The molecule has 0 saturated heterocycles. The van der Waals surface area contributed by atoms with Crippen molar-refractivity contribution < 1.29 is 9.15 Å². The highest BCUT2D eigenvalue weighted by molar-refractivity contribution is 9.10. The Kier molecular flexibility index (Phi) is 3.10. The molecule has 82 valence electrons. The van der Waals surface area contributed by atoms with Crippen molar-refractivity contribution >= 4 is 15.9 Å². The zero-order valence-corrected chi connectivity index (χ0v) is 10.2. The molecule has 0 N–H and O–H groups in total. The third kappa shape index (κ3) is 2.33. The summed E-state index contributed by atoms with van der Waals surface area (Å²) >= 11 is 3.14. The van der Waals surface area contributed by atoms with Crippen LogP contribution in [0, 0.1) is 6.92 Å². The summed E-state index contributed by atoms with van der Waals surface area (Å²) in [6.07, 6.45) is 0. The first-order valence-corrected chi connectivity index (χ1v) is 5.49. The largest absolute Gasteiger partial charge is 0.456 e. The molecule has 2 rings (SSSR count). The highest BCUT2D eigenvalue weighted by Crippen LogP contribution is 2.27. The van der Waals surface area contributed by atoms with Crippen molar-refractivity contribution in [1.29, 1.82) is 0 Å². The monoisotopic (exact) mass is 280 g/mol. The van der Waals surface area contributed by atoms with E-state index in [2.05, 4.69) is 15.9 Å². The number of hydrogen-bond donors (Lipinski definition) is 0. The first-order chi connectivity index (χ1) is 7.66. The predicted molar refractivity (Wildman–Crippen MR) is 63.9 cm³/mol. The highest BCUT2D eigenvalue weighted by atomic mass is 79.9. The standard InChI is InChI=1S/C12H9BrO3/c1-8-7-10(11(13)12(14)15-8)16-9-5-3-2-4-6-9/h2-7H,1H3. The zero-order valence-electron chi connectivity index (χ0n) is 8.57. The van der Waals surface area contributed by atoms with E-state index in [9.17, 15) is 4.79 Å². The summed E-state index contributed by atoms with van der Waals surface area (Å²) in [5, 5.41) is 0. The van der Waals surface area contributed by atoms with Gasteiger partial charge in [-0.3, -0.25) is 0 Å². The van der Waals surface area contributed by atoms with Crippen LogP contribution in [0.1, 0.15) is 5.76 Å². The average molecular weight is 281 g/mol. The lowest BCUT2D eigenvalue weighted by molar-refractivity contribution is 0.434. The fourth-order valence-corrected chi connectivity index (χ4v) is 1.54. The molecule has 0 aliphatic heterocycles. The van der Waals surface area contributed by atoms with Gasteiger partial charge in [0.15, 0.2) is 5.75 Å². The molecular formula is C12H9BrO3. The van der Waals surface area contributed by atoms with Crippen molar-refractivity contribution in [1.82, 2.24) is 0 Å². The summed E-state index contributed by atoms with van der Waals surface area (Å²) < 4.78 is 10.8. The van der Waals surface area contributed by atoms with E-state index in [0.29, 0.717) is 21.7 Å². The zero-order chi connectivity index (χ0) is 11.5. The summed E-state index contributed by atoms with van der Waals surface area (Å²) in [4.78, 5) is 11.4. The first-order valence-electron chi connectivity index (χ1n) is 4.70. The molecule has 1 aromatic heterocycles. The van der Waals surface area contributed by atoms with Crippen LogP contribution in [0.25, 0.3) is 0 Å². The van der Waals surface area contributed by atoms with Crippen molar-refractivity contribution in [2.75, 3.05) is 0 Å². The van der Waals surface area contributed by atoms with Crippen LogP contribution in [0.2, 0.25) is 0 Å². The molecule has 0 spiro atoms. The maximum absolute atomic E-state index is 11.4. The van der Waals surface area contributed by atoms with Gasteiger partial charge in [0.1, 0.15) is 16.0 Å². The van der Waals surface area contributed by atoms with Gasteiger partial charge >= 0.3 is 5.63 Å². The van der Waals surface area contributed by atoms with Gasteiger partial charge in [-0.15, -0.1) is 0 Å². The molecular weight excluding hydrogens is 272 g/mol. The van der Waals surface area contributed by atoms with Crippen LogP contribution in [0.5, 0.6) is 11.5 Å². The summed E-state index contributed by atoms with van der Waals surface area (Å²) in [7, 11) is 0. The number of halogens is 1. The minimum Gasteiger partial charge on any atom is -0.456 e. The first kappa shape index (κ1) is 11.0. The molecule has 0 fully saturated rings. The van der Waals surface area contributed by atoms with Gasteiger partial charge in [-0.25, -0.2) is 4.79 Å². The third-order valence-corrected chi connectivity index (χ3v) is 2.67. The number of aryl methyl sites for hydroxylation is 1. The van der Waals surface area contributed by atoms with Gasteiger partial charge in [0.25, 0.3) is 0 Å². The van der Waals surface area contributed by atoms with Gasteiger partial charge in [0.2, 0.25) is 0 Å². The van der Waals surface area contributed by atoms with Gasteiger partial charge in [-0.2, -0.15) is 0 Å². The molecule has 0 radical (unpaired) electrons. The van der Waals surface area contributed by atoms with Gasteiger partial charge in [0.05, 0.1) is 0 Å². The minimum absolute atomic E-state index is 0.293. The van der Waals surface area contributed by atoms with E-state index in [-0.39, 0.29) is 0 Å². The van der Waals surface area contributed by atoms with E-state index in [0.717, 1.165) is 0 Å². The van der Waals surface area contributed by atoms with Crippen LogP contribution in [0.15, 0.2) is 50.1 Å². The third-order valence-electron chi connectivity index (χ3n) is 1.95. The average Bonchev–Trinajstić information content (AvgIpc) is 2.27. The molecule has 0 aliphatic carbocycles. The number of ether oxygens (including phenoxy) is 1. The fraction of sp³-hybridized carbons (Fsp3) is 0.0833. The van der Waals surface area contributed by atoms with E-state index < -0.39 is 5.63 Å². The Bertz CT molecular complexity index is 546. The molecule has 0 aliphatic rings. The number of benzene rings is 1. The van der Waals surface area contributed by atoms with Crippen LogP contribution < -0.4 is 10.4 Å². The summed E-state index contributed by atoms with van der Waals surface area (Å²) in [6, 6.07) is 10.9. The van der Waals surface area contributed by atoms with E-state index in [1.807, 2.05) is 30.3 Å². The summed E-state index contributed by atoms with van der Waals surface area (Å²) in [5.74, 6) is 1.65. The van der Waals surface area contributed by atoms with Gasteiger partial charge < -0.3 is 9.15 Å². The number of rotatable bonds is 2.